The predicted octanol–water partition coefficient (Wildman–Crippen LogP) is -0.271. The maximum absolute atomic E-state index is 10.5. The van der Waals surface area contributed by atoms with Gasteiger partial charge in [-0.2, -0.15) is 0 Å². The van der Waals surface area contributed by atoms with E-state index in [0.29, 0.717) is 0 Å². The van der Waals surface area contributed by atoms with E-state index in [1.165, 1.54) is 13.0 Å². The van der Waals surface area contributed by atoms with E-state index in [-0.39, 0.29) is 5.57 Å². The van der Waals surface area contributed by atoms with E-state index in [4.69, 9.17) is 15.3 Å². The molecule has 1 atom stereocenters. The summed E-state index contributed by atoms with van der Waals surface area (Å²) in [6.45, 7) is 6.21. The van der Waals surface area contributed by atoms with Crippen molar-refractivity contribution in [2.45, 2.75) is 20.1 Å². The number of hydrogen-bond donors (Lipinski definition) is 4. The SMILES string of the molecule is C=C(C)C(=O)O.CC=CC(=O)NC(O)C(=O)O. The number of aliphatic hydroxyl groups excluding tert-OH is 1. The van der Waals surface area contributed by atoms with Crippen LogP contribution in [0.1, 0.15) is 13.8 Å². The lowest BCUT2D eigenvalue weighted by Gasteiger charge is -2.04. The molecule has 7 heteroatoms. The first kappa shape index (κ1) is 17.3. The third-order valence-electron chi connectivity index (χ3n) is 1.20. The number of hydrogen-bond acceptors (Lipinski definition) is 4. The van der Waals surface area contributed by atoms with Crippen molar-refractivity contribution in [3.05, 3.63) is 24.3 Å². The van der Waals surface area contributed by atoms with Crippen LogP contribution in [0.2, 0.25) is 0 Å². The first-order chi connectivity index (χ1) is 7.72. The smallest absolute Gasteiger partial charge is 0.353 e. The molecule has 0 aromatic carbocycles. The van der Waals surface area contributed by atoms with E-state index in [0.717, 1.165) is 6.08 Å². The van der Waals surface area contributed by atoms with Gasteiger partial charge in [-0.3, -0.25) is 4.79 Å². The first-order valence-corrected chi connectivity index (χ1v) is 4.45. The van der Waals surface area contributed by atoms with Crippen molar-refractivity contribution in [3.8, 4) is 0 Å². The number of aliphatic carboxylic acids is 2. The molecule has 0 heterocycles. The largest absolute Gasteiger partial charge is 0.478 e. The molecular formula is C10H15NO6. The van der Waals surface area contributed by atoms with Gasteiger partial charge in [-0.25, -0.2) is 9.59 Å². The van der Waals surface area contributed by atoms with Crippen LogP contribution >= 0.6 is 0 Å². The minimum absolute atomic E-state index is 0.176. The first-order valence-electron chi connectivity index (χ1n) is 4.45. The van der Waals surface area contributed by atoms with Crippen molar-refractivity contribution >= 4 is 17.8 Å². The number of carbonyl (C=O) groups is 3. The molecule has 0 aliphatic carbocycles. The van der Waals surface area contributed by atoms with E-state index < -0.39 is 24.1 Å². The van der Waals surface area contributed by atoms with E-state index in [9.17, 15) is 14.4 Å². The molecule has 96 valence electrons. The summed E-state index contributed by atoms with van der Waals surface area (Å²) < 4.78 is 0. The average molecular weight is 245 g/mol. The summed E-state index contributed by atoms with van der Waals surface area (Å²) in [7, 11) is 0. The summed E-state index contributed by atoms with van der Waals surface area (Å²) >= 11 is 0. The maximum Gasteiger partial charge on any atom is 0.353 e. The van der Waals surface area contributed by atoms with Gasteiger partial charge >= 0.3 is 11.9 Å². The molecule has 0 fully saturated rings. The van der Waals surface area contributed by atoms with E-state index in [2.05, 4.69) is 6.58 Å². The molecule has 0 aliphatic rings. The van der Waals surface area contributed by atoms with Crippen LogP contribution in [-0.4, -0.2) is 39.4 Å². The second-order valence-corrected chi connectivity index (χ2v) is 2.83. The summed E-state index contributed by atoms with van der Waals surface area (Å²) in [6, 6.07) is 0. The Labute approximate surface area is 98.1 Å². The van der Waals surface area contributed by atoms with Crippen molar-refractivity contribution in [2.75, 3.05) is 0 Å². The van der Waals surface area contributed by atoms with Gasteiger partial charge in [-0.15, -0.1) is 0 Å². The number of carboxylic acids is 2. The van der Waals surface area contributed by atoms with Crippen molar-refractivity contribution in [2.24, 2.45) is 0 Å². The predicted molar refractivity (Wildman–Crippen MR) is 59.0 cm³/mol. The highest BCUT2D eigenvalue weighted by Crippen LogP contribution is 1.81. The maximum atomic E-state index is 10.5. The molecule has 0 saturated heterocycles. The molecule has 0 spiro atoms. The fourth-order valence-electron chi connectivity index (χ4n) is 0.396. The zero-order valence-corrected chi connectivity index (χ0v) is 9.51. The number of nitrogens with one attached hydrogen (secondary N) is 1. The van der Waals surface area contributed by atoms with Crippen LogP contribution in [0.3, 0.4) is 0 Å². The second kappa shape index (κ2) is 9.10. The molecule has 0 saturated carbocycles. The lowest BCUT2D eigenvalue weighted by molar-refractivity contribution is -0.150. The summed E-state index contributed by atoms with van der Waals surface area (Å²) in [5, 5.41) is 26.4. The van der Waals surface area contributed by atoms with E-state index >= 15 is 0 Å². The van der Waals surface area contributed by atoms with Gasteiger partial charge in [-0.1, -0.05) is 12.7 Å². The van der Waals surface area contributed by atoms with Crippen LogP contribution in [0, 0.1) is 0 Å². The molecule has 17 heavy (non-hydrogen) atoms. The highest BCUT2D eigenvalue weighted by Gasteiger charge is 2.13. The van der Waals surface area contributed by atoms with Gasteiger partial charge in [0.15, 0.2) is 0 Å². The molecule has 0 radical (unpaired) electrons. The third-order valence-corrected chi connectivity index (χ3v) is 1.20. The third kappa shape index (κ3) is 11.8. The lowest BCUT2D eigenvalue weighted by Crippen LogP contribution is -2.39. The molecule has 0 aromatic heterocycles. The molecule has 4 N–H and O–H groups in total. The van der Waals surface area contributed by atoms with Crippen LogP contribution in [0.4, 0.5) is 0 Å². The Hall–Kier alpha value is -2.15. The van der Waals surface area contributed by atoms with Crippen LogP contribution < -0.4 is 5.32 Å². The van der Waals surface area contributed by atoms with Gasteiger partial charge in [0.05, 0.1) is 0 Å². The molecule has 0 aromatic rings. The Morgan fingerprint density at radius 1 is 1.29 bits per heavy atom. The molecule has 0 bridgehead atoms. The number of carbonyl (C=O) groups excluding carboxylic acids is 1. The summed E-state index contributed by atoms with van der Waals surface area (Å²) in [5.74, 6) is -3.06. The van der Waals surface area contributed by atoms with Gasteiger partial charge in [0.25, 0.3) is 0 Å². The standard InChI is InChI=1S/C6H9NO4.C4H6O2/c1-2-3-4(8)7-5(9)6(10)11;1-3(2)4(5)6/h2-3,5,9H,1H3,(H,7,8)(H,10,11);1H2,2H3,(H,5,6). The number of allylic oxidation sites excluding steroid dienone is 1. The molecular weight excluding hydrogens is 230 g/mol. The topological polar surface area (TPSA) is 124 Å². The molecule has 0 rings (SSSR count). The molecule has 0 aliphatic heterocycles. The summed E-state index contributed by atoms with van der Waals surface area (Å²) in [4.78, 5) is 30.1. The Morgan fingerprint density at radius 3 is 1.94 bits per heavy atom. The lowest BCUT2D eigenvalue weighted by atomic mass is 10.4. The van der Waals surface area contributed by atoms with Crippen molar-refractivity contribution in [1.29, 1.82) is 0 Å². The fourth-order valence-corrected chi connectivity index (χ4v) is 0.396. The number of aliphatic hydroxyl groups is 1. The average Bonchev–Trinajstić information content (AvgIpc) is 2.18. The highest BCUT2D eigenvalue weighted by atomic mass is 16.4. The van der Waals surface area contributed by atoms with Crippen molar-refractivity contribution in [3.63, 3.8) is 0 Å². The number of rotatable bonds is 4. The van der Waals surface area contributed by atoms with Crippen molar-refractivity contribution in [1.82, 2.24) is 5.32 Å². The summed E-state index contributed by atoms with van der Waals surface area (Å²) in [5.41, 5.74) is 0.176. The van der Waals surface area contributed by atoms with E-state index in [1.807, 2.05) is 5.32 Å². The monoisotopic (exact) mass is 245 g/mol. The summed E-state index contributed by atoms with van der Waals surface area (Å²) in [6.07, 6.45) is 0.717. The zero-order chi connectivity index (χ0) is 14.0. The Morgan fingerprint density at radius 2 is 1.71 bits per heavy atom. The second-order valence-electron chi connectivity index (χ2n) is 2.83. The molecule has 7 nitrogen and oxygen atoms in total. The van der Waals surface area contributed by atoms with E-state index in [1.54, 1.807) is 6.92 Å². The fraction of sp³-hybridized carbons (Fsp3) is 0.300. The van der Waals surface area contributed by atoms with Crippen LogP contribution in [0.15, 0.2) is 24.3 Å². The molecule has 1 amide bonds. The Kier molecular flexibility index (Phi) is 9.24. The molecule has 1 unspecified atom stereocenters. The number of amides is 1. The van der Waals surface area contributed by atoms with Gasteiger partial charge in [0.2, 0.25) is 12.1 Å². The van der Waals surface area contributed by atoms with Crippen molar-refractivity contribution < 1.29 is 29.7 Å². The minimum atomic E-state index is -1.83. The normalized spacial score (nSPS) is 11.0. The highest BCUT2D eigenvalue weighted by molar-refractivity contribution is 5.90. The van der Waals surface area contributed by atoms with Crippen LogP contribution in [0.25, 0.3) is 0 Å². The van der Waals surface area contributed by atoms with Gasteiger partial charge in [0, 0.05) is 5.57 Å². The quantitative estimate of drug-likeness (QED) is 0.399. The van der Waals surface area contributed by atoms with Crippen LogP contribution in [-0.2, 0) is 14.4 Å². The number of carboxylic acid groups (broad SMARTS) is 2. The zero-order valence-electron chi connectivity index (χ0n) is 9.51. The van der Waals surface area contributed by atoms with Gasteiger partial charge in [-0.05, 0) is 19.9 Å². The van der Waals surface area contributed by atoms with Gasteiger partial charge in [0.1, 0.15) is 0 Å². The Balaban J connectivity index is 0. The minimum Gasteiger partial charge on any atom is -0.478 e. The Bertz CT molecular complexity index is 322. The van der Waals surface area contributed by atoms with Gasteiger partial charge < -0.3 is 20.6 Å². The van der Waals surface area contributed by atoms with Crippen LogP contribution in [0.5, 0.6) is 0 Å².